The van der Waals surface area contributed by atoms with Gasteiger partial charge in [-0.25, -0.2) is 0 Å². The first-order valence-electron chi connectivity index (χ1n) is 6.46. The van der Waals surface area contributed by atoms with Crippen molar-refractivity contribution in [3.8, 4) is 5.75 Å². The van der Waals surface area contributed by atoms with E-state index in [1.807, 2.05) is 48.2 Å². The number of rotatable bonds is 4. The minimum absolute atomic E-state index is 0.523. The van der Waals surface area contributed by atoms with Gasteiger partial charge in [0.15, 0.2) is 0 Å². The Balaban J connectivity index is 1.63. The first-order chi connectivity index (χ1) is 9.81. The van der Waals surface area contributed by atoms with Crippen LogP contribution in [0.15, 0.2) is 53.5 Å². The Labute approximate surface area is 127 Å². The van der Waals surface area contributed by atoms with E-state index in [1.165, 1.54) is 5.56 Å². The number of aliphatic imine (C=N–C) groups is 1. The molecule has 1 heterocycles. The average molecular weight is 304 g/mol. The highest BCUT2D eigenvalue weighted by Gasteiger charge is 2.09. The molecule has 0 bridgehead atoms. The maximum absolute atomic E-state index is 5.95. The predicted molar refractivity (Wildman–Crippen MR) is 86.1 cm³/mol. The molecule has 2 nitrogen and oxygen atoms in total. The maximum Gasteiger partial charge on any atom is 0.119 e. The Morgan fingerprint density at radius 2 is 2.00 bits per heavy atom. The second-order valence-electron chi connectivity index (χ2n) is 4.48. The molecule has 0 radical (unpaired) electrons. The molecular formula is C16H14ClNOS. The lowest BCUT2D eigenvalue weighted by Gasteiger charge is -2.07. The third kappa shape index (κ3) is 3.35. The number of ether oxygens (including phenoxy) is 1. The molecule has 0 amide bonds. The van der Waals surface area contributed by atoms with Gasteiger partial charge < -0.3 is 4.74 Å². The van der Waals surface area contributed by atoms with Crippen LogP contribution >= 0.6 is 23.4 Å². The van der Waals surface area contributed by atoms with Gasteiger partial charge in [-0.15, -0.1) is 11.8 Å². The number of hydrogen-bond donors (Lipinski definition) is 0. The zero-order valence-electron chi connectivity index (χ0n) is 10.9. The summed E-state index contributed by atoms with van der Waals surface area (Å²) in [7, 11) is 0. The highest BCUT2D eigenvalue weighted by molar-refractivity contribution is 8.14. The van der Waals surface area contributed by atoms with Gasteiger partial charge in [0.1, 0.15) is 12.4 Å². The van der Waals surface area contributed by atoms with Gasteiger partial charge in [-0.1, -0.05) is 23.7 Å². The van der Waals surface area contributed by atoms with Crippen molar-refractivity contribution in [3.63, 3.8) is 0 Å². The lowest BCUT2D eigenvalue weighted by atomic mass is 10.2. The Hall–Kier alpha value is -1.45. The first-order valence-corrected chi connectivity index (χ1v) is 7.82. The van der Waals surface area contributed by atoms with Crippen molar-refractivity contribution in [2.75, 3.05) is 12.3 Å². The van der Waals surface area contributed by atoms with Gasteiger partial charge in [-0.2, -0.15) is 0 Å². The van der Waals surface area contributed by atoms with Gasteiger partial charge in [-0.3, -0.25) is 4.99 Å². The summed E-state index contributed by atoms with van der Waals surface area (Å²) in [6.07, 6.45) is 0. The molecule has 0 aromatic heterocycles. The van der Waals surface area contributed by atoms with Crippen LogP contribution in [-0.4, -0.2) is 17.3 Å². The number of halogens is 1. The smallest absolute Gasteiger partial charge is 0.119 e. The van der Waals surface area contributed by atoms with E-state index < -0.39 is 0 Å². The molecule has 0 aliphatic carbocycles. The molecule has 102 valence electrons. The van der Waals surface area contributed by atoms with Crippen LogP contribution in [0.4, 0.5) is 0 Å². The molecule has 0 N–H and O–H groups in total. The first kappa shape index (κ1) is 13.5. The van der Waals surface area contributed by atoms with Gasteiger partial charge in [0, 0.05) is 22.9 Å². The molecule has 1 aliphatic rings. The fraction of sp³-hybridized carbons (Fsp3) is 0.188. The Morgan fingerprint density at radius 3 is 2.70 bits per heavy atom. The SMILES string of the molecule is Clc1cccc(COc2ccc(C3=NCCS3)cc2)c1. The predicted octanol–water partition coefficient (Wildman–Crippen LogP) is 4.41. The van der Waals surface area contributed by atoms with Crippen molar-refractivity contribution in [2.24, 2.45) is 4.99 Å². The van der Waals surface area contributed by atoms with E-state index >= 15 is 0 Å². The van der Waals surface area contributed by atoms with Crippen LogP contribution < -0.4 is 4.74 Å². The van der Waals surface area contributed by atoms with E-state index in [0.717, 1.165) is 33.7 Å². The molecular weight excluding hydrogens is 290 g/mol. The third-order valence-corrected chi connectivity index (χ3v) is 4.24. The standard InChI is InChI=1S/C16H14ClNOS/c17-14-3-1-2-12(10-14)11-19-15-6-4-13(5-7-15)16-18-8-9-20-16/h1-7,10H,8-9,11H2. The third-order valence-electron chi connectivity index (χ3n) is 2.98. The van der Waals surface area contributed by atoms with Gasteiger partial charge in [0.05, 0.1) is 5.04 Å². The van der Waals surface area contributed by atoms with Gasteiger partial charge >= 0.3 is 0 Å². The molecule has 0 fully saturated rings. The summed E-state index contributed by atoms with van der Waals surface area (Å²) in [4.78, 5) is 4.46. The topological polar surface area (TPSA) is 21.6 Å². The van der Waals surface area contributed by atoms with E-state index in [-0.39, 0.29) is 0 Å². The molecule has 0 spiro atoms. The maximum atomic E-state index is 5.95. The molecule has 0 saturated carbocycles. The normalized spacial score (nSPS) is 14.2. The molecule has 2 aromatic carbocycles. The fourth-order valence-corrected chi connectivity index (χ4v) is 3.07. The Kier molecular flexibility index (Phi) is 4.28. The van der Waals surface area contributed by atoms with E-state index in [0.29, 0.717) is 6.61 Å². The Morgan fingerprint density at radius 1 is 1.15 bits per heavy atom. The van der Waals surface area contributed by atoms with Crippen LogP contribution in [0.1, 0.15) is 11.1 Å². The van der Waals surface area contributed by atoms with Crippen LogP contribution in [0.2, 0.25) is 5.02 Å². The number of nitrogens with zero attached hydrogens (tertiary/aromatic N) is 1. The van der Waals surface area contributed by atoms with Crippen LogP contribution in [0.25, 0.3) is 0 Å². The van der Waals surface area contributed by atoms with Crippen LogP contribution in [0.5, 0.6) is 5.75 Å². The van der Waals surface area contributed by atoms with Crippen LogP contribution in [0, 0.1) is 0 Å². The van der Waals surface area contributed by atoms with Crippen molar-refractivity contribution in [3.05, 3.63) is 64.7 Å². The summed E-state index contributed by atoms with van der Waals surface area (Å²) in [6, 6.07) is 15.8. The van der Waals surface area contributed by atoms with E-state index in [1.54, 1.807) is 0 Å². The quantitative estimate of drug-likeness (QED) is 0.834. The van der Waals surface area contributed by atoms with Crippen molar-refractivity contribution >= 4 is 28.4 Å². The lowest BCUT2D eigenvalue weighted by molar-refractivity contribution is 0.306. The molecule has 4 heteroatoms. The van der Waals surface area contributed by atoms with E-state index in [9.17, 15) is 0 Å². The van der Waals surface area contributed by atoms with E-state index in [4.69, 9.17) is 16.3 Å². The number of benzene rings is 2. The summed E-state index contributed by atoms with van der Waals surface area (Å²) >= 11 is 7.76. The summed E-state index contributed by atoms with van der Waals surface area (Å²) in [5.41, 5.74) is 2.24. The lowest BCUT2D eigenvalue weighted by Crippen LogP contribution is -1.96. The highest BCUT2D eigenvalue weighted by atomic mass is 35.5. The highest BCUT2D eigenvalue weighted by Crippen LogP contribution is 2.22. The molecule has 3 rings (SSSR count). The monoisotopic (exact) mass is 303 g/mol. The molecule has 0 unspecified atom stereocenters. The summed E-state index contributed by atoms with van der Waals surface area (Å²) in [5, 5.41) is 1.86. The average Bonchev–Trinajstić information content (AvgIpc) is 3.00. The van der Waals surface area contributed by atoms with Crippen molar-refractivity contribution in [1.29, 1.82) is 0 Å². The summed E-state index contributed by atoms with van der Waals surface area (Å²) in [5.74, 6) is 1.94. The van der Waals surface area contributed by atoms with Gasteiger partial charge in [0.25, 0.3) is 0 Å². The molecule has 0 saturated heterocycles. The zero-order chi connectivity index (χ0) is 13.8. The van der Waals surface area contributed by atoms with E-state index in [2.05, 4.69) is 17.1 Å². The number of thioether (sulfide) groups is 1. The fourth-order valence-electron chi connectivity index (χ4n) is 2.00. The molecule has 0 atom stereocenters. The van der Waals surface area contributed by atoms with Crippen LogP contribution in [-0.2, 0) is 6.61 Å². The largest absolute Gasteiger partial charge is 0.489 e. The van der Waals surface area contributed by atoms with Gasteiger partial charge in [-0.05, 0) is 42.0 Å². The second-order valence-corrected chi connectivity index (χ2v) is 6.00. The zero-order valence-corrected chi connectivity index (χ0v) is 12.5. The summed E-state index contributed by atoms with van der Waals surface area (Å²) < 4.78 is 5.76. The second kappa shape index (κ2) is 6.33. The van der Waals surface area contributed by atoms with Gasteiger partial charge in [0.2, 0.25) is 0 Å². The molecule has 2 aromatic rings. The molecule has 1 aliphatic heterocycles. The van der Waals surface area contributed by atoms with Crippen LogP contribution in [0.3, 0.4) is 0 Å². The van der Waals surface area contributed by atoms with Crippen molar-refractivity contribution < 1.29 is 4.74 Å². The Bertz CT molecular complexity index is 625. The number of hydrogen-bond acceptors (Lipinski definition) is 3. The van der Waals surface area contributed by atoms with Crippen molar-refractivity contribution in [1.82, 2.24) is 0 Å². The summed E-state index contributed by atoms with van der Waals surface area (Å²) in [6.45, 7) is 1.45. The minimum atomic E-state index is 0.523. The molecule has 20 heavy (non-hydrogen) atoms. The minimum Gasteiger partial charge on any atom is -0.489 e. The van der Waals surface area contributed by atoms with Crippen molar-refractivity contribution in [2.45, 2.75) is 6.61 Å².